The predicted molar refractivity (Wildman–Crippen MR) is 72.6 cm³/mol. The summed E-state index contributed by atoms with van der Waals surface area (Å²) >= 11 is 0. The topological polar surface area (TPSA) is 67.8 Å². The van der Waals surface area contributed by atoms with Crippen LogP contribution in [0, 0.1) is 0 Å². The van der Waals surface area contributed by atoms with E-state index in [1.54, 1.807) is 12.1 Å². The zero-order valence-electron chi connectivity index (χ0n) is 11.2. The SMILES string of the molecule is C=C(C)COCCNC(=O)c1ccc(OC)c(O)c1. The Balaban J connectivity index is 2.41. The summed E-state index contributed by atoms with van der Waals surface area (Å²) in [5, 5.41) is 12.3. The van der Waals surface area contributed by atoms with Crippen molar-refractivity contribution in [2.75, 3.05) is 26.9 Å². The number of hydrogen-bond donors (Lipinski definition) is 2. The quantitative estimate of drug-likeness (QED) is 0.582. The van der Waals surface area contributed by atoms with Gasteiger partial charge in [0.25, 0.3) is 5.91 Å². The molecule has 0 saturated heterocycles. The van der Waals surface area contributed by atoms with Gasteiger partial charge in [-0.3, -0.25) is 4.79 Å². The van der Waals surface area contributed by atoms with Gasteiger partial charge in [0, 0.05) is 12.1 Å². The van der Waals surface area contributed by atoms with Crippen LogP contribution < -0.4 is 10.1 Å². The summed E-state index contributed by atoms with van der Waals surface area (Å²) in [6, 6.07) is 4.49. The maximum Gasteiger partial charge on any atom is 0.251 e. The third-order valence-corrected chi connectivity index (χ3v) is 2.32. The largest absolute Gasteiger partial charge is 0.504 e. The normalized spacial score (nSPS) is 10.0. The lowest BCUT2D eigenvalue weighted by molar-refractivity contribution is 0.0926. The second-order valence-corrected chi connectivity index (χ2v) is 4.15. The van der Waals surface area contributed by atoms with Gasteiger partial charge in [0.1, 0.15) is 0 Å². The standard InChI is InChI=1S/C14H19NO4/c1-10(2)9-19-7-6-15-14(17)11-4-5-13(18-3)12(16)8-11/h4-5,8,16H,1,6-7,9H2,2-3H3,(H,15,17). The molecule has 0 aliphatic heterocycles. The Morgan fingerprint density at radius 2 is 2.21 bits per heavy atom. The highest BCUT2D eigenvalue weighted by atomic mass is 16.5. The van der Waals surface area contributed by atoms with E-state index in [9.17, 15) is 9.90 Å². The van der Waals surface area contributed by atoms with Gasteiger partial charge in [0.15, 0.2) is 11.5 Å². The van der Waals surface area contributed by atoms with Crippen molar-refractivity contribution in [3.63, 3.8) is 0 Å². The monoisotopic (exact) mass is 265 g/mol. The number of aromatic hydroxyl groups is 1. The third-order valence-electron chi connectivity index (χ3n) is 2.32. The fraction of sp³-hybridized carbons (Fsp3) is 0.357. The smallest absolute Gasteiger partial charge is 0.251 e. The average molecular weight is 265 g/mol. The Morgan fingerprint density at radius 1 is 1.47 bits per heavy atom. The van der Waals surface area contributed by atoms with E-state index in [4.69, 9.17) is 9.47 Å². The molecule has 0 unspecified atom stereocenters. The summed E-state index contributed by atoms with van der Waals surface area (Å²) in [6.45, 7) is 6.89. The molecule has 5 heteroatoms. The van der Waals surface area contributed by atoms with Gasteiger partial charge in [-0.1, -0.05) is 12.2 Å². The Kier molecular flexibility index (Phi) is 5.89. The van der Waals surface area contributed by atoms with Gasteiger partial charge in [-0.25, -0.2) is 0 Å². The molecule has 0 radical (unpaired) electrons. The van der Waals surface area contributed by atoms with E-state index >= 15 is 0 Å². The molecular weight excluding hydrogens is 246 g/mol. The summed E-state index contributed by atoms with van der Waals surface area (Å²) in [4.78, 5) is 11.8. The minimum absolute atomic E-state index is 0.0614. The van der Waals surface area contributed by atoms with Crippen molar-refractivity contribution in [3.8, 4) is 11.5 Å². The molecule has 0 saturated carbocycles. The minimum atomic E-state index is -0.267. The first-order chi connectivity index (χ1) is 9.04. The van der Waals surface area contributed by atoms with Crippen LogP contribution in [0.5, 0.6) is 11.5 Å². The Hall–Kier alpha value is -2.01. The van der Waals surface area contributed by atoms with Gasteiger partial charge >= 0.3 is 0 Å². The number of rotatable bonds is 7. The molecule has 5 nitrogen and oxygen atoms in total. The van der Waals surface area contributed by atoms with Crippen LogP contribution in [0.2, 0.25) is 0 Å². The number of nitrogens with one attached hydrogen (secondary N) is 1. The van der Waals surface area contributed by atoms with Crippen molar-refractivity contribution in [1.82, 2.24) is 5.32 Å². The highest BCUT2D eigenvalue weighted by molar-refractivity contribution is 5.94. The molecule has 0 aromatic heterocycles. The van der Waals surface area contributed by atoms with Crippen molar-refractivity contribution in [3.05, 3.63) is 35.9 Å². The predicted octanol–water partition coefficient (Wildman–Crippen LogP) is 1.72. The van der Waals surface area contributed by atoms with E-state index in [0.29, 0.717) is 31.1 Å². The third kappa shape index (κ3) is 5.01. The molecule has 104 valence electrons. The van der Waals surface area contributed by atoms with Crippen LogP contribution in [-0.4, -0.2) is 37.9 Å². The Bertz CT molecular complexity index is 457. The molecule has 0 atom stereocenters. The van der Waals surface area contributed by atoms with Crippen molar-refractivity contribution in [1.29, 1.82) is 0 Å². The first kappa shape index (κ1) is 15.0. The first-order valence-corrected chi connectivity index (χ1v) is 5.92. The summed E-state index contributed by atoms with van der Waals surface area (Å²) in [7, 11) is 1.45. The molecule has 19 heavy (non-hydrogen) atoms. The van der Waals surface area contributed by atoms with Gasteiger partial charge in [0.05, 0.1) is 20.3 Å². The van der Waals surface area contributed by atoms with Gasteiger partial charge in [-0.2, -0.15) is 0 Å². The van der Waals surface area contributed by atoms with E-state index in [0.717, 1.165) is 5.57 Å². The molecule has 0 fully saturated rings. The highest BCUT2D eigenvalue weighted by Crippen LogP contribution is 2.25. The van der Waals surface area contributed by atoms with Gasteiger partial charge in [-0.15, -0.1) is 0 Å². The van der Waals surface area contributed by atoms with Gasteiger partial charge in [0.2, 0.25) is 0 Å². The number of phenolic OH excluding ortho intramolecular Hbond substituents is 1. The lowest BCUT2D eigenvalue weighted by Gasteiger charge is -2.08. The molecule has 1 aromatic carbocycles. The molecule has 1 rings (SSSR count). The van der Waals surface area contributed by atoms with E-state index in [1.807, 2.05) is 6.92 Å². The number of ether oxygens (including phenoxy) is 2. The zero-order chi connectivity index (χ0) is 14.3. The average Bonchev–Trinajstić information content (AvgIpc) is 2.37. The molecule has 1 aromatic rings. The second kappa shape index (κ2) is 7.43. The van der Waals surface area contributed by atoms with E-state index in [2.05, 4.69) is 11.9 Å². The molecule has 0 aliphatic carbocycles. The summed E-state index contributed by atoms with van der Waals surface area (Å²) in [6.07, 6.45) is 0. The summed E-state index contributed by atoms with van der Waals surface area (Å²) in [5.74, 6) is 0.00639. The maximum absolute atomic E-state index is 11.8. The minimum Gasteiger partial charge on any atom is -0.504 e. The number of hydrogen-bond acceptors (Lipinski definition) is 4. The first-order valence-electron chi connectivity index (χ1n) is 5.92. The molecular formula is C14H19NO4. The van der Waals surface area contributed by atoms with Crippen molar-refractivity contribution < 1.29 is 19.4 Å². The molecule has 0 aliphatic rings. The zero-order valence-corrected chi connectivity index (χ0v) is 11.2. The second-order valence-electron chi connectivity index (χ2n) is 4.15. The summed E-state index contributed by atoms with van der Waals surface area (Å²) < 4.78 is 10.2. The summed E-state index contributed by atoms with van der Waals surface area (Å²) in [5.41, 5.74) is 1.31. The number of carbonyl (C=O) groups excluding carboxylic acids is 1. The van der Waals surface area contributed by atoms with Crippen LogP contribution in [0.4, 0.5) is 0 Å². The van der Waals surface area contributed by atoms with Crippen molar-refractivity contribution >= 4 is 5.91 Å². The molecule has 0 bridgehead atoms. The van der Waals surface area contributed by atoms with Gasteiger partial charge < -0.3 is 19.9 Å². The van der Waals surface area contributed by atoms with Crippen molar-refractivity contribution in [2.45, 2.75) is 6.92 Å². The lowest BCUT2D eigenvalue weighted by atomic mass is 10.2. The van der Waals surface area contributed by atoms with Crippen LogP contribution in [0.1, 0.15) is 17.3 Å². The number of methoxy groups -OCH3 is 1. The number of benzene rings is 1. The van der Waals surface area contributed by atoms with Crippen molar-refractivity contribution in [2.24, 2.45) is 0 Å². The van der Waals surface area contributed by atoms with E-state index in [1.165, 1.54) is 13.2 Å². The van der Waals surface area contributed by atoms with Gasteiger partial charge in [-0.05, 0) is 25.1 Å². The molecule has 1 amide bonds. The van der Waals surface area contributed by atoms with E-state index < -0.39 is 0 Å². The van der Waals surface area contributed by atoms with Crippen LogP contribution in [0.15, 0.2) is 30.4 Å². The van der Waals surface area contributed by atoms with Crippen LogP contribution >= 0.6 is 0 Å². The lowest BCUT2D eigenvalue weighted by Crippen LogP contribution is -2.27. The fourth-order valence-electron chi connectivity index (χ4n) is 1.42. The molecule has 0 spiro atoms. The number of phenols is 1. The van der Waals surface area contributed by atoms with Crippen LogP contribution in [0.25, 0.3) is 0 Å². The number of amides is 1. The molecule has 2 N–H and O–H groups in total. The highest BCUT2D eigenvalue weighted by Gasteiger charge is 2.08. The Morgan fingerprint density at radius 3 is 2.79 bits per heavy atom. The van der Waals surface area contributed by atoms with E-state index in [-0.39, 0.29) is 11.7 Å². The maximum atomic E-state index is 11.8. The Labute approximate surface area is 112 Å². The van der Waals surface area contributed by atoms with Crippen LogP contribution in [-0.2, 0) is 4.74 Å². The number of carbonyl (C=O) groups is 1. The van der Waals surface area contributed by atoms with Crippen LogP contribution in [0.3, 0.4) is 0 Å². The molecule has 0 heterocycles. The fourth-order valence-corrected chi connectivity index (χ4v) is 1.42.